The minimum absolute atomic E-state index is 0.0858. The molecule has 3 aromatic carbocycles. The van der Waals surface area contributed by atoms with Crippen molar-refractivity contribution >= 4 is 33.0 Å². The summed E-state index contributed by atoms with van der Waals surface area (Å²) in [6.45, 7) is 0. The van der Waals surface area contributed by atoms with Gasteiger partial charge in [-0.1, -0.05) is 48.5 Å². The van der Waals surface area contributed by atoms with Gasteiger partial charge in [-0.05, 0) is 35.4 Å². The zero-order chi connectivity index (χ0) is 25.1. The number of allylic oxidation sites excluding steroid dienone is 1. The Morgan fingerprint density at radius 1 is 0.941 bits per heavy atom. The van der Waals surface area contributed by atoms with Gasteiger partial charge in [-0.3, -0.25) is 10.2 Å². The number of halogens is 3. The summed E-state index contributed by atoms with van der Waals surface area (Å²) >= 11 is 0. The summed E-state index contributed by atoms with van der Waals surface area (Å²) in [5.41, 5.74) is 4.93. The van der Waals surface area contributed by atoms with Gasteiger partial charge in [0.2, 0.25) is 15.9 Å². The van der Waals surface area contributed by atoms with Crippen molar-refractivity contribution in [3.8, 4) is 11.1 Å². The number of sulfonamides is 1. The highest BCUT2D eigenvalue weighted by Crippen LogP contribution is 2.34. The van der Waals surface area contributed by atoms with Crippen molar-refractivity contribution in [2.75, 3.05) is 5.32 Å². The third-order valence-electron chi connectivity index (χ3n) is 4.72. The highest BCUT2D eigenvalue weighted by atomic mass is 32.2. The van der Waals surface area contributed by atoms with Crippen LogP contribution in [0.15, 0.2) is 83.8 Å². The van der Waals surface area contributed by atoms with Gasteiger partial charge in [-0.2, -0.15) is 13.2 Å². The van der Waals surface area contributed by atoms with Gasteiger partial charge in [0.25, 0.3) is 0 Å². The molecule has 0 fully saturated rings. The van der Waals surface area contributed by atoms with Crippen LogP contribution in [0.3, 0.4) is 0 Å². The molecule has 3 aromatic rings. The Bertz CT molecular complexity index is 1380. The molecule has 6 N–H and O–H groups in total. The zero-order valence-corrected chi connectivity index (χ0v) is 18.2. The maximum Gasteiger partial charge on any atom is 0.417 e. The standard InChI is InChI=1S/C23H19F3N4O3S/c24-23(25,26)19(15-4-3-5-16(12-15)22(27)28)13-21(31)30-17-10-8-14(9-11-17)18-6-1-2-7-20(18)34(29,32)33/h1-13H,(H3,27,28)(H,30,31)(H2,29,32,33)/b19-13+. The van der Waals surface area contributed by atoms with Crippen molar-refractivity contribution in [1.82, 2.24) is 0 Å². The van der Waals surface area contributed by atoms with E-state index >= 15 is 0 Å². The van der Waals surface area contributed by atoms with Crippen LogP contribution in [0, 0.1) is 5.41 Å². The topological polar surface area (TPSA) is 139 Å². The van der Waals surface area contributed by atoms with Crippen molar-refractivity contribution in [2.24, 2.45) is 10.9 Å². The lowest BCUT2D eigenvalue weighted by atomic mass is 10.0. The highest BCUT2D eigenvalue weighted by molar-refractivity contribution is 7.89. The Labute approximate surface area is 193 Å². The van der Waals surface area contributed by atoms with Gasteiger partial charge in [0.1, 0.15) is 5.84 Å². The molecule has 0 saturated carbocycles. The van der Waals surface area contributed by atoms with E-state index in [-0.39, 0.29) is 21.7 Å². The number of nitrogen functional groups attached to an aromatic ring is 1. The molecule has 0 heterocycles. The number of benzene rings is 3. The number of hydrogen-bond acceptors (Lipinski definition) is 4. The average Bonchev–Trinajstić information content (AvgIpc) is 2.77. The molecule has 0 saturated heterocycles. The Hall–Kier alpha value is -3.96. The van der Waals surface area contributed by atoms with Crippen LogP contribution in [0.1, 0.15) is 11.1 Å². The summed E-state index contributed by atoms with van der Waals surface area (Å²) in [5, 5.41) is 15.0. The predicted octanol–water partition coefficient (Wildman–Crippen LogP) is 3.87. The van der Waals surface area contributed by atoms with E-state index in [1.807, 2.05) is 0 Å². The van der Waals surface area contributed by atoms with Crippen LogP contribution in [-0.4, -0.2) is 26.3 Å². The van der Waals surface area contributed by atoms with E-state index in [0.29, 0.717) is 17.2 Å². The molecule has 176 valence electrons. The van der Waals surface area contributed by atoms with E-state index in [4.69, 9.17) is 16.3 Å². The predicted molar refractivity (Wildman–Crippen MR) is 123 cm³/mol. The number of amides is 1. The van der Waals surface area contributed by atoms with Gasteiger partial charge in [0, 0.05) is 22.9 Å². The molecule has 0 atom stereocenters. The molecule has 0 aromatic heterocycles. The van der Waals surface area contributed by atoms with Gasteiger partial charge >= 0.3 is 6.18 Å². The fraction of sp³-hybridized carbons (Fsp3) is 0.0435. The van der Waals surface area contributed by atoms with Crippen molar-refractivity contribution < 1.29 is 26.4 Å². The van der Waals surface area contributed by atoms with Crippen LogP contribution in [0.25, 0.3) is 16.7 Å². The van der Waals surface area contributed by atoms with E-state index in [9.17, 15) is 26.4 Å². The monoisotopic (exact) mass is 488 g/mol. The number of alkyl halides is 3. The summed E-state index contributed by atoms with van der Waals surface area (Å²) in [6, 6.07) is 16.8. The number of rotatable bonds is 6. The van der Waals surface area contributed by atoms with E-state index in [1.54, 1.807) is 12.1 Å². The van der Waals surface area contributed by atoms with Crippen LogP contribution in [0.5, 0.6) is 0 Å². The Morgan fingerprint density at radius 3 is 2.15 bits per heavy atom. The fourth-order valence-corrected chi connectivity index (χ4v) is 3.94. The minimum atomic E-state index is -4.84. The number of nitrogens with one attached hydrogen (secondary N) is 2. The smallest absolute Gasteiger partial charge is 0.384 e. The molecule has 0 radical (unpaired) electrons. The lowest BCUT2D eigenvalue weighted by molar-refractivity contribution is -0.112. The first-order valence-electron chi connectivity index (χ1n) is 9.63. The molecular weight excluding hydrogens is 469 g/mol. The number of primary sulfonamides is 1. The second-order valence-electron chi connectivity index (χ2n) is 7.16. The van der Waals surface area contributed by atoms with E-state index < -0.39 is 33.5 Å². The third kappa shape index (κ3) is 5.88. The van der Waals surface area contributed by atoms with Gasteiger partial charge < -0.3 is 11.1 Å². The largest absolute Gasteiger partial charge is 0.417 e. The summed E-state index contributed by atoms with van der Waals surface area (Å²) in [7, 11) is -3.98. The molecule has 0 bridgehead atoms. The maximum absolute atomic E-state index is 13.6. The number of anilines is 1. The van der Waals surface area contributed by atoms with Gasteiger partial charge in [0.15, 0.2) is 0 Å². The molecule has 0 unspecified atom stereocenters. The van der Waals surface area contributed by atoms with Gasteiger partial charge in [-0.15, -0.1) is 0 Å². The Kier molecular flexibility index (Phi) is 6.89. The Balaban J connectivity index is 1.88. The first-order valence-corrected chi connectivity index (χ1v) is 11.2. The maximum atomic E-state index is 13.6. The van der Waals surface area contributed by atoms with Gasteiger partial charge in [0.05, 0.1) is 10.5 Å². The molecule has 0 aliphatic carbocycles. The van der Waals surface area contributed by atoms with Crippen LogP contribution < -0.4 is 16.2 Å². The van der Waals surface area contributed by atoms with Crippen molar-refractivity contribution in [1.29, 1.82) is 5.41 Å². The summed E-state index contributed by atoms with van der Waals surface area (Å²) < 4.78 is 64.5. The molecule has 34 heavy (non-hydrogen) atoms. The highest BCUT2D eigenvalue weighted by Gasteiger charge is 2.35. The number of carbonyl (C=O) groups is 1. The van der Waals surface area contributed by atoms with Crippen LogP contribution in [0.4, 0.5) is 18.9 Å². The first-order chi connectivity index (χ1) is 15.9. The lowest BCUT2D eigenvalue weighted by Gasteiger charge is -2.13. The number of nitrogens with two attached hydrogens (primary N) is 2. The molecule has 0 spiro atoms. The second-order valence-corrected chi connectivity index (χ2v) is 8.69. The Morgan fingerprint density at radius 2 is 1.56 bits per heavy atom. The summed E-state index contributed by atoms with van der Waals surface area (Å²) in [4.78, 5) is 12.3. The molecule has 3 rings (SSSR count). The average molecular weight is 488 g/mol. The lowest BCUT2D eigenvalue weighted by Crippen LogP contribution is -2.17. The minimum Gasteiger partial charge on any atom is -0.384 e. The zero-order valence-electron chi connectivity index (χ0n) is 17.4. The van der Waals surface area contributed by atoms with E-state index in [0.717, 1.165) is 12.1 Å². The van der Waals surface area contributed by atoms with Crippen LogP contribution in [-0.2, 0) is 14.8 Å². The number of amidine groups is 1. The summed E-state index contributed by atoms with van der Waals surface area (Å²) in [5.74, 6) is -1.44. The van der Waals surface area contributed by atoms with Crippen molar-refractivity contribution in [3.05, 3.63) is 90.0 Å². The van der Waals surface area contributed by atoms with E-state index in [1.165, 1.54) is 48.5 Å². The molecule has 7 nitrogen and oxygen atoms in total. The SMILES string of the molecule is N=C(N)c1cccc(/C(=C\C(=O)Nc2ccc(-c3ccccc3S(N)(=O)=O)cc2)C(F)(F)F)c1. The van der Waals surface area contributed by atoms with Crippen molar-refractivity contribution in [3.63, 3.8) is 0 Å². The fourth-order valence-electron chi connectivity index (χ4n) is 3.18. The quantitative estimate of drug-likeness (QED) is 0.238. The number of hydrogen-bond donors (Lipinski definition) is 4. The first kappa shape index (κ1) is 24.7. The van der Waals surface area contributed by atoms with Crippen LogP contribution >= 0.6 is 0 Å². The molecule has 0 aliphatic heterocycles. The molecular formula is C23H19F3N4O3S. The van der Waals surface area contributed by atoms with Gasteiger partial charge in [-0.25, -0.2) is 13.6 Å². The molecule has 1 amide bonds. The third-order valence-corrected chi connectivity index (χ3v) is 5.69. The second kappa shape index (κ2) is 9.49. The van der Waals surface area contributed by atoms with E-state index in [2.05, 4.69) is 5.32 Å². The molecule has 0 aliphatic rings. The van der Waals surface area contributed by atoms with Crippen LogP contribution in [0.2, 0.25) is 0 Å². The number of carbonyl (C=O) groups excluding carboxylic acids is 1. The summed E-state index contributed by atoms with van der Waals surface area (Å²) in [6.07, 6.45) is -4.42. The van der Waals surface area contributed by atoms with Crippen molar-refractivity contribution in [2.45, 2.75) is 11.1 Å². The molecule has 11 heteroatoms. The normalized spacial score (nSPS) is 12.3.